The number of pyridine rings is 1. The fourth-order valence-electron chi connectivity index (χ4n) is 4.28. The van der Waals surface area contributed by atoms with Crippen LogP contribution in [0, 0.1) is 11.2 Å². The Balaban J connectivity index is 1.96. The molecule has 4 rings (SSSR count). The number of halogens is 1. The first-order valence-corrected chi connectivity index (χ1v) is 14.1. The first kappa shape index (κ1) is 20.7. The summed E-state index contributed by atoms with van der Waals surface area (Å²) < 4.78 is 14.8. The Kier molecular flexibility index (Phi) is 5.06. The third-order valence-electron chi connectivity index (χ3n) is 5.58. The van der Waals surface area contributed by atoms with Gasteiger partial charge >= 0.3 is 0 Å². The van der Waals surface area contributed by atoms with E-state index in [-0.39, 0.29) is 11.2 Å². The molecule has 0 amide bonds. The molecule has 0 N–H and O–H groups in total. The second-order valence-corrected chi connectivity index (χ2v) is 15.6. The lowest BCUT2D eigenvalue weighted by atomic mass is 9.87. The molecule has 30 heavy (non-hydrogen) atoms. The van der Waals surface area contributed by atoms with E-state index < -0.39 is 8.07 Å². The van der Waals surface area contributed by atoms with Crippen molar-refractivity contribution in [3.63, 3.8) is 0 Å². The van der Waals surface area contributed by atoms with Crippen LogP contribution in [0.15, 0.2) is 60.8 Å². The second kappa shape index (κ2) is 7.31. The average Bonchev–Trinajstić information content (AvgIpc) is 2.66. The van der Waals surface area contributed by atoms with E-state index >= 15 is 0 Å². The van der Waals surface area contributed by atoms with E-state index in [1.54, 1.807) is 0 Å². The Hall–Kier alpha value is -2.52. The first-order chi connectivity index (χ1) is 14.0. The minimum atomic E-state index is -1.58. The highest BCUT2D eigenvalue weighted by Crippen LogP contribution is 2.32. The maximum Gasteiger partial charge on any atom is 0.149 e. The van der Waals surface area contributed by atoms with Crippen molar-refractivity contribution < 1.29 is 4.39 Å². The van der Waals surface area contributed by atoms with Crippen LogP contribution in [0.2, 0.25) is 19.6 Å². The number of hydrogen-bond acceptors (Lipinski definition) is 1. The van der Waals surface area contributed by atoms with Crippen molar-refractivity contribution in [3.8, 4) is 11.3 Å². The molecule has 0 bridgehead atoms. The molecule has 0 unspecified atom stereocenters. The van der Waals surface area contributed by atoms with Gasteiger partial charge in [-0.3, -0.25) is 4.98 Å². The Morgan fingerprint density at radius 3 is 2.30 bits per heavy atom. The molecule has 0 aliphatic carbocycles. The lowest BCUT2D eigenvalue weighted by Crippen LogP contribution is -2.38. The predicted molar refractivity (Wildman–Crippen MR) is 131 cm³/mol. The third kappa shape index (κ3) is 4.04. The zero-order valence-electron chi connectivity index (χ0n) is 18.8. The fraction of sp³-hybridized carbons (Fsp3) is 0.296. The molecule has 0 spiro atoms. The molecule has 0 aliphatic rings. The van der Waals surface area contributed by atoms with E-state index in [9.17, 15) is 4.39 Å². The standard InChI is InChI=1S/C27H30FNSi/c1-27(2,3)16-18-11-12-22-23(13-18)24(28)17-29-26(22)20-14-19-9-7-8-10-21(19)25(15-20)30(4,5)6/h7-15,17H,16H2,1-6H3. The van der Waals surface area contributed by atoms with Crippen molar-refractivity contribution in [2.75, 3.05) is 0 Å². The van der Waals surface area contributed by atoms with Gasteiger partial charge in [0, 0.05) is 16.3 Å². The summed E-state index contributed by atoms with van der Waals surface area (Å²) in [6.07, 6.45) is 2.29. The van der Waals surface area contributed by atoms with Crippen LogP contribution in [0.4, 0.5) is 4.39 Å². The molecule has 154 valence electrons. The van der Waals surface area contributed by atoms with Crippen LogP contribution in [0.25, 0.3) is 32.8 Å². The maximum absolute atomic E-state index is 14.8. The third-order valence-corrected chi connectivity index (χ3v) is 7.61. The molecule has 3 heteroatoms. The van der Waals surface area contributed by atoms with Crippen molar-refractivity contribution in [2.24, 2.45) is 5.41 Å². The van der Waals surface area contributed by atoms with Crippen molar-refractivity contribution >= 4 is 34.8 Å². The molecular weight excluding hydrogens is 385 g/mol. The predicted octanol–water partition coefficient (Wildman–Crippen LogP) is 7.33. The molecule has 0 saturated heterocycles. The minimum Gasteiger partial charge on any atom is -0.253 e. The maximum atomic E-state index is 14.8. The van der Waals surface area contributed by atoms with Gasteiger partial charge in [-0.15, -0.1) is 0 Å². The highest BCUT2D eigenvalue weighted by Gasteiger charge is 2.21. The zero-order chi connectivity index (χ0) is 21.7. The summed E-state index contributed by atoms with van der Waals surface area (Å²) in [5.41, 5.74) is 3.25. The van der Waals surface area contributed by atoms with Crippen LogP contribution in [0.3, 0.4) is 0 Å². The van der Waals surface area contributed by atoms with Crippen molar-refractivity contribution in [1.82, 2.24) is 4.98 Å². The van der Waals surface area contributed by atoms with E-state index in [0.717, 1.165) is 28.6 Å². The summed E-state index contributed by atoms with van der Waals surface area (Å²) >= 11 is 0. The van der Waals surface area contributed by atoms with E-state index in [0.29, 0.717) is 5.39 Å². The van der Waals surface area contributed by atoms with Crippen molar-refractivity contribution in [3.05, 3.63) is 72.2 Å². The van der Waals surface area contributed by atoms with Gasteiger partial charge in [0.05, 0.1) is 20.0 Å². The van der Waals surface area contributed by atoms with Crippen LogP contribution in [-0.4, -0.2) is 13.1 Å². The molecule has 0 aliphatic heterocycles. The van der Waals surface area contributed by atoms with Gasteiger partial charge in [-0.05, 0) is 40.3 Å². The van der Waals surface area contributed by atoms with Crippen LogP contribution in [-0.2, 0) is 6.42 Å². The van der Waals surface area contributed by atoms with Crippen LogP contribution < -0.4 is 5.19 Å². The minimum absolute atomic E-state index is 0.157. The molecule has 1 aromatic heterocycles. The number of rotatable bonds is 3. The van der Waals surface area contributed by atoms with Gasteiger partial charge in [-0.1, -0.05) is 88.1 Å². The molecule has 0 atom stereocenters. The summed E-state index contributed by atoms with van der Waals surface area (Å²) in [5, 5.41) is 5.49. The summed E-state index contributed by atoms with van der Waals surface area (Å²) in [7, 11) is -1.58. The molecule has 4 aromatic rings. The number of nitrogens with zero attached hydrogens (tertiary/aromatic N) is 1. The van der Waals surface area contributed by atoms with Gasteiger partial charge in [0.1, 0.15) is 5.82 Å². The average molecular weight is 416 g/mol. The topological polar surface area (TPSA) is 12.9 Å². The molecule has 0 fully saturated rings. The summed E-state index contributed by atoms with van der Waals surface area (Å²) in [5.74, 6) is -0.254. The molecule has 3 aromatic carbocycles. The first-order valence-electron chi connectivity index (χ1n) is 10.6. The highest BCUT2D eigenvalue weighted by molar-refractivity contribution is 6.90. The monoisotopic (exact) mass is 415 g/mol. The van der Waals surface area contributed by atoms with Crippen LogP contribution in [0.5, 0.6) is 0 Å². The Labute approximate surface area is 180 Å². The largest absolute Gasteiger partial charge is 0.253 e. The Morgan fingerprint density at radius 1 is 0.867 bits per heavy atom. The fourth-order valence-corrected chi connectivity index (χ4v) is 5.90. The number of fused-ring (bicyclic) bond motifs is 2. The Bertz CT molecular complexity index is 1250. The molecule has 1 heterocycles. The molecular formula is C27H30FNSi. The smallest absolute Gasteiger partial charge is 0.149 e. The SMILES string of the molecule is CC(C)(C)Cc1ccc2c(-c3cc([Si](C)(C)C)c4ccccc4c3)ncc(F)c2c1. The highest BCUT2D eigenvalue weighted by atomic mass is 28.3. The number of benzene rings is 3. The van der Waals surface area contributed by atoms with Gasteiger partial charge < -0.3 is 0 Å². The summed E-state index contributed by atoms with van der Waals surface area (Å²) in [4.78, 5) is 4.55. The van der Waals surface area contributed by atoms with Gasteiger partial charge in [0.2, 0.25) is 0 Å². The van der Waals surface area contributed by atoms with Gasteiger partial charge in [0.15, 0.2) is 0 Å². The van der Waals surface area contributed by atoms with E-state index in [4.69, 9.17) is 0 Å². The summed E-state index contributed by atoms with van der Waals surface area (Å²) in [6, 6.07) is 19.2. The quantitative estimate of drug-likeness (QED) is 0.319. The van der Waals surface area contributed by atoms with E-state index in [2.05, 4.69) is 87.9 Å². The van der Waals surface area contributed by atoms with E-state index in [1.165, 1.54) is 22.2 Å². The van der Waals surface area contributed by atoms with Crippen molar-refractivity contribution in [1.29, 1.82) is 0 Å². The van der Waals surface area contributed by atoms with E-state index in [1.807, 2.05) is 12.1 Å². The number of aromatic nitrogens is 1. The van der Waals surface area contributed by atoms with Crippen molar-refractivity contribution in [2.45, 2.75) is 46.8 Å². The van der Waals surface area contributed by atoms with Crippen LogP contribution >= 0.6 is 0 Å². The Morgan fingerprint density at radius 2 is 1.60 bits per heavy atom. The van der Waals surface area contributed by atoms with Crippen LogP contribution in [0.1, 0.15) is 26.3 Å². The summed E-state index contributed by atoms with van der Waals surface area (Å²) in [6.45, 7) is 13.7. The van der Waals surface area contributed by atoms with Gasteiger partial charge in [0.25, 0.3) is 0 Å². The molecule has 1 nitrogen and oxygen atoms in total. The molecule has 0 radical (unpaired) electrons. The second-order valence-electron chi connectivity index (χ2n) is 10.6. The lowest BCUT2D eigenvalue weighted by Gasteiger charge is -2.21. The normalized spacial score (nSPS) is 12.6. The van der Waals surface area contributed by atoms with Gasteiger partial charge in [-0.25, -0.2) is 4.39 Å². The zero-order valence-corrected chi connectivity index (χ0v) is 19.8. The molecule has 0 saturated carbocycles. The number of hydrogen-bond donors (Lipinski definition) is 0. The van der Waals surface area contributed by atoms with Gasteiger partial charge in [-0.2, -0.15) is 0 Å². The lowest BCUT2D eigenvalue weighted by molar-refractivity contribution is 0.411.